The molecule has 0 saturated heterocycles. The van der Waals surface area contributed by atoms with E-state index in [-0.39, 0.29) is 5.91 Å². The summed E-state index contributed by atoms with van der Waals surface area (Å²) >= 11 is 1.42. The molecule has 4 heteroatoms. The number of hydrogen-bond acceptors (Lipinski definition) is 3. The van der Waals surface area contributed by atoms with Crippen LogP contribution in [-0.2, 0) is 0 Å². The Morgan fingerprint density at radius 3 is 2.90 bits per heavy atom. The average Bonchev–Trinajstić information content (AvgIpc) is 2.94. The van der Waals surface area contributed by atoms with Gasteiger partial charge < -0.3 is 11.1 Å². The van der Waals surface area contributed by atoms with Gasteiger partial charge in [-0.2, -0.15) is 0 Å². The van der Waals surface area contributed by atoms with Crippen molar-refractivity contribution in [1.82, 2.24) is 5.32 Å². The van der Waals surface area contributed by atoms with Gasteiger partial charge in [0.05, 0.1) is 16.3 Å². The van der Waals surface area contributed by atoms with Gasteiger partial charge in [-0.15, -0.1) is 11.3 Å². The number of carbonyl (C=O) groups is 1. The smallest absolute Gasteiger partial charge is 0.261 e. The lowest BCUT2D eigenvalue weighted by molar-refractivity contribution is 0.0950. The van der Waals surface area contributed by atoms with Crippen molar-refractivity contribution in [2.45, 2.75) is 39.5 Å². The fraction of sp³-hybridized carbons (Fsp3) is 0.562. The number of hydrogen-bond donors (Lipinski definition) is 2. The number of nitrogens with two attached hydrogens (primary N) is 1. The molecule has 0 aliphatic heterocycles. The molecule has 1 aromatic rings. The molecule has 20 heavy (non-hydrogen) atoms. The summed E-state index contributed by atoms with van der Waals surface area (Å²) in [5.41, 5.74) is 5.33. The molecule has 0 bridgehead atoms. The molecule has 3 N–H and O–H groups in total. The normalized spacial score (nSPS) is 11.6. The molecule has 110 valence electrons. The number of carbonyl (C=O) groups excluding carboxylic acids is 1. The summed E-state index contributed by atoms with van der Waals surface area (Å²) < 4.78 is 0. The molecule has 0 fully saturated rings. The zero-order chi connectivity index (χ0) is 14.8. The summed E-state index contributed by atoms with van der Waals surface area (Å²) in [6.45, 7) is 5.48. The first-order valence-corrected chi connectivity index (χ1v) is 8.09. The molecular formula is C16H24N2OS. The third kappa shape index (κ3) is 5.77. The van der Waals surface area contributed by atoms with Crippen molar-refractivity contribution < 1.29 is 4.79 Å². The van der Waals surface area contributed by atoms with E-state index in [4.69, 9.17) is 5.73 Å². The fourth-order valence-corrected chi connectivity index (χ4v) is 2.73. The van der Waals surface area contributed by atoms with Crippen LogP contribution in [-0.4, -0.2) is 19.0 Å². The van der Waals surface area contributed by atoms with E-state index in [0.29, 0.717) is 12.5 Å². The molecule has 3 nitrogen and oxygen atoms in total. The van der Waals surface area contributed by atoms with Crippen LogP contribution < -0.4 is 11.1 Å². The van der Waals surface area contributed by atoms with E-state index < -0.39 is 0 Å². The second-order valence-corrected chi connectivity index (χ2v) is 5.88. The summed E-state index contributed by atoms with van der Waals surface area (Å²) in [6, 6.07) is 3.70. The Hall–Kier alpha value is -1.31. The molecular weight excluding hydrogens is 268 g/mol. The highest BCUT2D eigenvalue weighted by Crippen LogP contribution is 2.16. The van der Waals surface area contributed by atoms with Crippen LogP contribution in [0, 0.1) is 17.8 Å². The average molecular weight is 292 g/mol. The molecule has 1 rings (SSSR count). The molecule has 0 aliphatic rings. The van der Waals surface area contributed by atoms with Gasteiger partial charge in [-0.25, -0.2) is 0 Å². The number of nitrogens with one attached hydrogen (secondary N) is 1. The molecule has 0 saturated carbocycles. The maximum Gasteiger partial charge on any atom is 0.261 e. The standard InChI is InChI=1S/C16H24N2OS/c1-3-5-7-13(4-2)12-18-16(19)15-10-9-14(20-15)8-6-11-17/h9-10,13H,3-5,7,11-12,17H2,1-2H3,(H,18,19). The monoisotopic (exact) mass is 292 g/mol. The van der Waals surface area contributed by atoms with Gasteiger partial charge in [-0.05, 0) is 24.5 Å². The van der Waals surface area contributed by atoms with Gasteiger partial charge >= 0.3 is 0 Å². The fourth-order valence-electron chi connectivity index (χ4n) is 1.93. The topological polar surface area (TPSA) is 55.1 Å². The summed E-state index contributed by atoms with van der Waals surface area (Å²) in [4.78, 5) is 13.7. The van der Waals surface area contributed by atoms with E-state index in [0.717, 1.165) is 22.7 Å². The third-order valence-electron chi connectivity index (χ3n) is 3.24. The molecule has 1 heterocycles. The second-order valence-electron chi connectivity index (χ2n) is 4.80. The van der Waals surface area contributed by atoms with Crippen LogP contribution >= 0.6 is 11.3 Å². The van der Waals surface area contributed by atoms with E-state index >= 15 is 0 Å². The predicted octanol–water partition coefficient (Wildman–Crippen LogP) is 3.00. The number of thiophene rings is 1. The minimum absolute atomic E-state index is 0.00532. The SMILES string of the molecule is CCCCC(CC)CNC(=O)c1ccc(C#CCN)s1. The summed E-state index contributed by atoms with van der Waals surface area (Å²) in [5.74, 6) is 6.33. The van der Waals surface area contributed by atoms with Gasteiger partial charge in [0.2, 0.25) is 0 Å². The van der Waals surface area contributed by atoms with E-state index in [2.05, 4.69) is 31.0 Å². The maximum atomic E-state index is 12.1. The van der Waals surface area contributed by atoms with Crippen LogP contribution in [0.1, 0.15) is 54.1 Å². The maximum absolute atomic E-state index is 12.1. The molecule has 1 atom stereocenters. The van der Waals surface area contributed by atoms with E-state index in [1.807, 2.05) is 12.1 Å². The molecule has 0 aromatic carbocycles. The van der Waals surface area contributed by atoms with Crippen molar-refractivity contribution in [3.8, 4) is 11.8 Å². The zero-order valence-corrected chi connectivity index (χ0v) is 13.2. The molecule has 0 aliphatic carbocycles. The molecule has 1 amide bonds. The van der Waals surface area contributed by atoms with Crippen molar-refractivity contribution in [1.29, 1.82) is 0 Å². The molecule has 0 spiro atoms. The van der Waals surface area contributed by atoms with Gasteiger partial charge in [0.25, 0.3) is 5.91 Å². The first-order valence-electron chi connectivity index (χ1n) is 7.28. The Labute approximate surface area is 126 Å². The Kier molecular flexibility index (Phi) is 8.01. The van der Waals surface area contributed by atoms with Gasteiger partial charge in [0, 0.05) is 6.54 Å². The lowest BCUT2D eigenvalue weighted by Crippen LogP contribution is -2.28. The first-order chi connectivity index (χ1) is 9.71. The van der Waals surface area contributed by atoms with Crippen molar-refractivity contribution in [3.63, 3.8) is 0 Å². The van der Waals surface area contributed by atoms with Crippen molar-refractivity contribution in [2.24, 2.45) is 11.7 Å². The van der Waals surface area contributed by atoms with Crippen LogP contribution in [0.4, 0.5) is 0 Å². The Bertz CT molecular complexity index is 470. The van der Waals surface area contributed by atoms with Crippen LogP contribution in [0.2, 0.25) is 0 Å². The summed E-state index contributed by atoms with van der Waals surface area (Å²) in [5, 5.41) is 3.03. The minimum Gasteiger partial charge on any atom is -0.351 e. The first kappa shape index (κ1) is 16.7. The zero-order valence-electron chi connectivity index (χ0n) is 12.4. The van der Waals surface area contributed by atoms with Crippen molar-refractivity contribution in [3.05, 3.63) is 21.9 Å². The van der Waals surface area contributed by atoms with Gasteiger partial charge in [0.1, 0.15) is 0 Å². The van der Waals surface area contributed by atoms with E-state index in [9.17, 15) is 4.79 Å². The van der Waals surface area contributed by atoms with Gasteiger partial charge in [-0.3, -0.25) is 4.79 Å². The molecule has 0 radical (unpaired) electrons. The van der Waals surface area contributed by atoms with E-state index in [1.165, 1.54) is 30.6 Å². The minimum atomic E-state index is 0.00532. The van der Waals surface area contributed by atoms with Crippen LogP contribution in [0.15, 0.2) is 12.1 Å². The highest BCUT2D eigenvalue weighted by Gasteiger charge is 2.11. The largest absolute Gasteiger partial charge is 0.351 e. The Morgan fingerprint density at radius 1 is 1.45 bits per heavy atom. The third-order valence-corrected chi connectivity index (χ3v) is 4.24. The van der Waals surface area contributed by atoms with Gasteiger partial charge in [0.15, 0.2) is 0 Å². The molecule has 1 unspecified atom stereocenters. The lowest BCUT2D eigenvalue weighted by Gasteiger charge is -2.14. The number of rotatable bonds is 7. The Morgan fingerprint density at radius 2 is 2.25 bits per heavy atom. The van der Waals surface area contributed by atoms with Crippen LogP contribution in [0.5, 0.6) is 0 Å². The number of unbranched alkanes of at least 4 members (excludes halogenated alkanes) is 1. The van der Waals surface area contributed by atoms with Crippen molar-refractivity contribution in [2.75, 3.05) is 13.1 Å². The predicted molar refractivity (Wildman–Crippen MR) is 85.9 cm³/mol. The van der Waals surface area contributed by atoms with Crippen LogP contribution in [0.25, 0.3) is 0 Å². The highest BCUT2D eigenvalue weighted by atomic mass is 32.1. The van der Waals surface area contributed by atoms with E-state index in [1.54, 1.807) is 0 Å². The Balaban J connectivity index is 2.47. The quantitative estimate of drug-likeness (QED) is 0.759. The molecule has 1 aromatic heterocycles. The second kappa shape index (κ2) is 9.57. The van der Waals surface area contributed by atoms with Gasteiger partial charge in [-0.1, -0.05) is 45.0 Å². The van der Waals surface area contributed by atoms with Crippen molar-refractivity contribution >= 4 is 17.2 Å². The highest BCUT2D eigenvalue weighted by molar-refractivity contribution is 7.14. The number of amides is 1. The van der Waals surface area contributed by atoms with Crippen LogP contribution in [0.3, 0.4) is 0 Å². The summed E-state index contributed by atoms with van der Waals surface area (Å²) in [6.07, 6.45) is 4.73. The lowest BCUT2D eigenvalue weighted by atomic mass is 9.99. The summed E-state index contributed by atoms with van der Waals surface area (Å²) in [7, 11) is 0.